The fraction of sp³-hybridized carbons (Fsp3) is 0.375. The molecule has 0 fully saturated rings. The Morgan fingerprint density at radius 3 is 2.35 bits per heavy atom. The van der Waals surface area contributed by atoms with Crippen LogP contribution in [0.3, 0.4) is 0 Å². The van der Waals surface area contributed by atoms with Crippen LogP contribution in [0.4, 0.5) is 0 Å². The molecular weight excluding hydrogens is 394 g/mol. The molecule has 0 atom stereocenters. The Morgan fingerprint density at radius 2 is 1.68 bits per heavy atom. The highest BCUT2D eigenvalue weighted by molar-refractivity contribution is 5.88. The summed E-state index contributed by atoms with van der Waals surface area (Å²) in [6, 6.07) is 11.3. The quantitative estimate of drug-likeness (QED) is 0.612. The van der Waals surface area contributed by atoms with E-state index < -0.39 is 0 Å². The van der Waals surface area contributed by atoms with Crippen molar-refractivity contribution in [2.45, 2.75) is 33.2 Å². The van der Waals surface area contributed by atoms with Gasteiger partial charge in [-0.15, -0.1) is 0 Å². The molecule has 31 heavy (non-hydrogen) atoms. The highest BCUT2D eigenvalue weighted by Crippen LogP contribution is 2.34. The predicted molar refractivity (Wildman–Crippen MR) is 119 cm³/mol. The van der Waals surface area contributed by atoms with Gasteiger partial charge < -0.3 is 14.4 Å². The van der Waals surface area contributed by atoms with Gasteiger partial charge in [-0.3, -0.25) is 9.59 Å². The third kappa shape index (κ3) is 4.13. The standard InChI is InChI=1S/C24H27N3O4/c1-4-30-21-12-16-10-11-27(15-17(16)13-22(21)31-5-2)23(28)14-20-18-8-6-7-9-19(18)24(29)26(3)25-20/h6-9,12-13H,4-5,10-11,14-15H2,1-3H3. The fourth-order valence-corrected chi connectivity index (χ4v) is 4.08. The topological polar surface area (TPSA) is 73.7 Å². The van der Waals surface area contributed by atoms with E-state index in [2.05, 4.69) is 5.10 Å². The van der Waals surface area contributed by atoms with Crippen molar-refractivity contribution in [3.05, 3.63) is 63.6 Å². The highest BCUT2D eigenvalue weighted by atomic mass is 16.5. The number of hydrogen-bond donors (Lipinski definition) is 0. The van der Waals surface area contributed by atoms with Gasteiger partial charge in [0, 0.05) is 25.5 Å². The lowest BCUT2D eigenvalue weighted by atomic mass is 9.98. The summed E-state index contributed by atoms with van der Waals surface area (Å²) in [6.07, 6.45) is 0.911. The summed E-state index contributed by atoms with van der Waals surface area (Å²) in [4.78, 5) is 27.3. The van der Waals surface area contributed by atoms with Gasteiger partial charge in [0.15, 0.2) is 11.5 Å². The van der Waals surface area contributed by atoms with Gasteiger partial charge in [-0.2, -0.15) is 5.10 Å². The number of aromatic nitrogens is 2. The average molecular weight is 421 g/mol. The van der Waals surface area contributed by atoms with Crippen LogP contribution in [-0.4, -0.2) is 40.3 Å². The molecule has 0 spiro atoms. The molecule has 1 aliphatic heterocycles. The molecule has 3 aromatic rings. The Balaban J connectivity index is 1.59. The molecule has 0 bridgehead atoms. The van der Waals surface area contributed by atoms with E-state index in [9.17, 15) is 9.59 Å². The van der Waals surface area contributed by atoms with E-state index >= 15 is 0 Å². The maximum atomic E-state index is 13.1. The lowest BCUT2D eigenvalue weighted by Crippen LogP contribution is -2.37. The largest absolute Gasteiger partial charge is 0.490 e. The van der Waals surface area contributed by atoms with Crippen LogP contribution in [0.5, 0.6) is 11.5 Å². The first-order valence-corrected chi connectivity index (χ1v) is 10.7. The predicted octanol–water partition coefficient (Wildman–Crippen LogP) is 2.86. The van der Waals surface area contributed by atoms with Gasteiger partial charge in [0.05, 0.1) is 30.7 Å². The Labute approximate surface area is 181 Å². The third-order valence-corrected chi connectivity index (χ3v) is 5.58. The lowest BCUT2D eigenvalue weighted by Gasteiger charge is -2.30. The third-order valence-electron chi connectivity index (χ3n) is 5.58. The van der Waals surface area contributed by atoms with Crippen LogP contribution in [-0.2, 0) is 31.2 Å². The molecule has 7 heteroatoms. The molecule has 0 saturated carbocycles. The Morgan fingerprint density at radius 1 is 1.03 bits per heavy atom. The Hall–Kier alpha value is -3.35. The monoisotopic (exact) mass is 421 g/mol. The fourth-order valence-electron chi connectivity index (χ4n) is 4.08. The van der Waals surface area contributed by atoms with Crippen molar-refractivity contribution in [3.8, 4) is 11.5 Å². The second-order valence-corrected chi connectivity index (χ2v) is 7.60. The van der Waals surface area contributed by atoms with Crippen LogP contribution in [0.25, 0.3) is 10.8 Å². The minimum atomic E-state index is -0.160. The molecule has 2 heterocycles. The number of carbonyl (C=O) groups is 1. The van der Waals surface area contributed by atoms with Crippen molar-refractivity contribution < 1.29 is 14.3 Å². The number of amides is 1. The van der Waals surface area contributed by atoms with Gasteiger partial charge in [-0.25, -0.2) is 4.68 Å². The lowest BCUT2D eigenvalue weighted by molar-refractivity contribution is -0.131. The van der Waals surface area contributed by atoms with Gasteiger partial charge in [0.1, 0.15) is 0 Å². The number of carbonyl (C=O) groups excluding carboxylic acids is 1. The van der Waals surface area contributed by atoms with Crippen molar-refractivity contribution >= 4 is 16.7 Å². The number of nitrogens with zero attached hydrogens (tertiary/aromatic N) is 3. The van der Waals surface area contributed by atoms with Gasteiger partial charge in [0.25, 0.3) is 5.56 Å². The summed E-state index contributed by atoms with van der Waals surface area (Å²) in [5.41, 5.74) is 2.72. The first-order chi connectivity index (χ1) is 15.0. The number of hydrogen-bond acceptors (Lipinski definition) is 5. The molecule has 0 unspecified atom stereocenters. The van der Waals surface area contributed by atoms with Crippen molar-refractivity contribution in [1.29, 1.82) is 0 Å². The minimum absolute atomic E-state index is 0.00574. The highest BCUT2D eigenvalue weighted by Gasteiger charge is 2.24. The van der Waals surface area contributed by atoms with E-state index in [4.69, 9.17) is 9.47 Å². The maximum Gasteiger partial charge on any atom is 0.274 e. The molecule has 4 rings (SSSR count). The van der Waals surface area contributed by atoms with Crippen molar-refractivity contribution in [3.63, 3.8) is 0 Å². The number of rotatable bonds is 6. The minimum Gasteiger partial charge on any atom is -0.490 e. The number of ether oxygens (including phenoxy) is 2. The summed E-state index contributed by atoms with van der Waals surface area (Å²) in [5, 5.41) is 5.68. The average Bonchev–Trinajstić information content (AvgIpc) is 2.77. The van der Waals surface area contributed by atoms with Gasteiger partial charge >= 0.3 is 0 Å². The van der Waals surface area contributed by atoms with Crippen LogP contribution in [0.2, 0.25) is 0 Å². The van der Waals surface area contributed by atoms with E-state index in [-0.39, 0.29) is 17.9 Å². The SMILES string of the molecule is CCOc1cc2c(cc1OCC)CN(C(=O)Cc1nn(C)c(=O)c3ccccc13)CC2. The molecular formula is C24H27N3O4. The molecule has 0 aliphatic carbocycles. The normalized spacial score (nSPS) is 13.2. The van der Waals surface area contributed by atoms with E-state index in [0.29, 0.717) is 43.1 Å². The summed E-state index contributed by atoms with van der Waals surface area (Å²) < 4.78 is 12.8. The second-order valence-electron chi connectivity index (χ2n) is 7.60. The second kappa shape index (κ2) is 8.79. The maximum absolute atomic E-state index is 13.1. The van der Waals surface area contributed by atoms with Gasteiger partial charge in [-0.1, -0.05) is 18.2 Å². The molecule has 0 radical (unpaired) electrons. The number of fused-ring (bicyclic) bond motifs is 2. The van der Waals surface area contributed by atoms with Crippen molar-refractivity contribution in [2.75, 3.05) is 19.8 Å². The van der Waals surface area contributed by atoms with Crippen molar-refractivity contribution in [1.82, 2.24) is 14.7 Å². The smallest absolute Gasteiger partial charge is 0.274 e. The van der Waals surface area contributed by atoms with Crippen LogP contribution in [0.15, 0.2) is 41.2 Å². The molecule has 1 aromatic heterocycles. The van der Waals surface area contributed by atoms with E-state index in [1.54, 1.807) is 13.1 Å². The number of benzene rings is 2. The van der Waals surface area contributed by atoms with Gasteiger partial charge in [0.2, 0.25) is 5.91 Å². The zero-order valence-electron chi connectivity index (χ0n) is 18.2. The van der Waals surface area contributed by atoms with Crippen LogP contribution < -0.4 is 15.0 Å². The van der Waals surface area contributed by atoms with Crippen molar-refractivity contribution in [2.24, 2.45) is 7.05 Å². The van der Waals surface area contributed by atoms with E-state index in [1.807, 2.05) is 49.1 Å². The van der Waals surface area contributed by atoms with Gasteiger partial charge in [-0.05, 0) is 49.6 Å². The van der Waals surface area contributed by atoms with E-state index in [1.165, 1.54) is 10.2 Å². The van der Waals surface area contributed by atoms with E-state index in [0.717, 1.165) is 23.1 Å². The Kier molecular flexibility index (Phi) is 5.93. The molecule has 2 aromatic carbocycles. The molecule has 0 saturated heterocycles. The summed E-state index contributed by atoms with van der Waals surface area (Å²) in [7, 11) is 1.62. The van der Waals surface area contributed by atoms with Crippen LogP contribution in [0.1, 0.15) is 30.7 Å². The summed E-state index contributed by atoms with van der Waals surface area (Å²) >= 11 is 0. The molecule has 1 amide bonds. The zero-order valence-corrected chi connectivity index (χ0v) is 18.2. The zero-order chi connectivity index (χ0) is 22.0. The Bertz CT molecular complexity index is 1190. The molecule has 162 valence electrons. The first-order valence-electron chi connectivity index (χ1n) is 10.7. The van der Waals surface area contributed by atoms with Crippen LogP contribution >= 0.6 is 0 Å². The first kappa shape index (κ1) is 20.9. The number of aryl methyl sites for hydroxylation is 1. The summed E-state index contributed by atoms with van der Waals surface area (Å²) in [5.74, 6) is 1.46. The molecule has 0 N–H and O–H groups in total. The van der Waals surface area contributed by atoms with Crippen LogP contribution in [0, 0.1) is 0 Å². The molecule has 7 nitrogen and oxygen atoms in total. The molecule has 1 aliphatic rings. The summed E-state index contributed by atoms with van der Waals surface area (Å²) in [6.45, 7) is 6.17.